The van der Waals surface area contributed by atoms with Crippen LogP contribution in [0.25, 0.3) is 0 Å². The van der Waals surface area contributed by atoms with Crippen molar-refractivity contribution in [1.82, 2.24) is 5.43 Å². The number of halogens is 2. The Hall–Kier alpha value is -3.87. The number of hydrogen-bond acceptors (Lipinski definition) is 4. The molecule has 0 heterocycles. The topological polar surface area (TPSA) is 65.8 Å². The van der Waals surface area contributed by atoms with Crippen LogP contribution in [0, 0.1) is 11.6 Å². The van der Waals surface area contributed by atoms with Crippen LogP contribution in [0.15, 0.2) is 83.0 Å². The first-order chi connectivity index (χ1) is 13.6. The lowest BCUT2D eigenvalue weighted by atomic mass is 10.2. The van der Waals surface area contributed by atoms with Crippen LogP contribution in [0.5, 0.6) is 0 Å². The summed E-state index contributed by atoms with van der Waals surface area (Å²) >= 11 is 0. The van der Waals surface area contributed by atoms with Crippen molar-refractivity contribution >= 4 is 24.0 Å². The lowest BCUT2D eigenvalue weighted by Gasteiger charge is -2.03. The highest BCUT2D eigenvalue weighted by Crippen LogP contribution is 2.10. The Kier molecular flexibility index (Phi) is 6.20. The van der Waals surface area contributed by atoms with Gasteiger partial charge in [0.2, 0.25) is 0 Å². The quantitative estimate of drug-likeness (QED) is 0.499. The van der Waals surface area contributed by atoms with Gasteiger partial charge < -0.3 is 0 Å². The molecule has 5 nitrogen and oxygen atoms in total. The molecule has 0 fully saturated rings. The van der Waals surface area contributed by atoms with Crippen LogP contribution in [0.4, 0.5) is 14.5 Å². The van der Waals surface area contributed by atoms with E-state index in [-0.39, 0.29) is 11.6 Å². The van der Waals surface area contributed by atoms with E-state index in [1.807, 2.05) is 0 Å². The largest absolute Gasteiger partial charge is 0.279 e. The summed E-state index contributed by atoms with van der Waals surface area (Å²) in [5.41, 5.74) is 7.40. The maximum Gasteiger partial charge on any atom is 0.271 e. The first-order valence-electron chi connectivity index (χ1n) is 8.34. The van der Waals surface area contributed by atoms with Crippen molar-refractivity contribution in [1.29, 1.82) is 0 Å². The molecule has 0 aliphatic carbocycles. The molecule has 0 bridgehead atoms. The number of carbonyl (C=O) groups excluding carboxylic acids is 1. The summed E-state index contributed by atoms with van der Waals surface area (Å²) in [6, 6.07) is 18.5. The van der Waals surface area contributed by atoms with Crippen LogP contribution in [0.1, 0.15) is 21.5 Å². The molecule has 0 aliphatic rings. The van der Waals surface area contributed by atoms with Crippen LogP contribution in [0.3, 0.4) is 0 Å². The van der Waals surface area contributed by atoms with E-state index in [1.165, 1.54) is 36.7 Å². The number of hydrogen-bond donors (Lipinski definition) is 2. The number of hydrazone groups is 2. The predicted molar refractivity (Wildman–Crippen MR) is 106 cm³/mol. The van der Waals surface area contributed by atoms with Gasteiger partial charge in [0.05, 0.1) is 18.1 Å². The Bertz CT molecular complexity index is 1020. The minimum absolute atomic E-state index is 0.334. The van der Waals surface area contributed by atoms with Crippen LogP contribution in [-0.4, -0.2) is 18.3 Å². The Balaban J connectivity index is 1.54. The molecular weight excluding hydrogens is 362 g/mol. The molecule has 0 saturated heterocycles. The fourth-order valence-electron chi connectivity index (χ4n) is 2.28. The van der Waals surface area contributed by atoms with Crippen molar-refractivity contribution in [2.24, 2.45) is 10.2 Å². The monoisotopic (exact) mass is 378 g/mol. The van der Waals surface area contributed by atoms with Gasteiger partial charge in [0.25, 0.3) is 5.91 Å². The molecular formula is C21H16F2N4O. The van der Waals surface area contributed by atoms with Crippen molar-refractivity contribution < 1.29 is 13.6 Å². The van der Waals surface area contributed by atoms with E-state index in [0.717, 1.165) is 0 Å². The number of anilines is 1. The van der Waals surface area contributed by atoms with Gasteiger partial charge in [-0.05, 0) is 59.7 Å². The molecule has 7 heteroatoms. The van der Waals surface area contributed by atoms with E-state index in [2.05, 4.69) is 21.1 Å². The highest BCUT2D eigenvalue weighted by Gasteiger charge is 2.03. The molecule has 3 rings (SSSR count). The fourth-order valence-corrected chi connectivity index (χ4v) is 2.28. The van der Waals surface area contributed by atoms with Gasteiger partial charge in [-0.3, -0.25) is 10.2 Å². The van der Waals surface area contributed by atoms with Crippen molar-refractivity contribution in [2.45, 2.75) is 0 Å². The third-order valence-corrected chi connectivity index (χ3v) is 3.63. The molecule has 0 saturated carbocycles. The second-order valence-electron chi connectivity index (χ2n) is 5.76. The molecule has 0 aromatic heterocycles. The first-order valence-corrected chi connectivity index (χ1v) is 8.34. The summed E-state index contributed by atoms with van der Waals surface area (Å²) in [4.78, 5) is 12.1. The fraction of sp³-hybridized carbons (Fsp3) is 0. The van der Waals surface area contributed by atoms with E-state index in [0.29, 0.717) is 22.4 Å². The average Bonchev–Trinajstić information content (AvgIpc) is 2.69. The van der Waals surface area contributed by atoms with Crippen LogP contribution >= 0.6 is 0 Å². The van der Waals surface area contributed by atoms with E-state index < -0.39 is 5.91 Å². The van der Waals surface area contributed by atoms with Crippen molar-refractivity contribution in [3.05, 3.63) is 101 Å². The zero-order chi connectivity index (χ0) is 19.8. The molecule has 28 heavy (non-hydrogen) atoms. The van der Waals surface area contributed by atoms with Gasteiger partial charge in [-0.1, -0.05) is 24.3 Å². The normalized spacial score (nSPS) is 11.1. The lowest BCUT2D eigenvalue weighted by molar-refractivity contribution is 0.0955. The molecule has 140 valence electrons. The average molecular weight is 378 g/mol. The predicted octanol–water partition coefficient (Wildman–Crippen LogP) is 4.17. The number of amides is 1. The summed E-state index contributed by atoms with van der Waals surface area (Å²) in [7, 11) is 0. The lowest BCUT2D eigenvalue weighted by Crippen LogP contribution is -2.17. The number of nitrogens with one attached hydrogen (secondary N) is 2. The summed E-state index contributed by atoms with van der Waals surface area (Å²) in [5.74, 6) is -1.11. The van der Waals surface area contributed by atoms with Gasteiger partial charge in [0.1, 0.15) is 11.6 Å². The van der Waals surface area contributed by atoms with E-state index in [4.69, 9.17) is 0 Å². The first kappa shape index (κ1) is 18.9. The molecule has 0 unspecified atom stereocenters. The second-order valence-corrected chi connectivity index (χ2v) is 5.76. The summed E-state index contributed by atoms with van der Waals surface area (Å²) in [6.45, 7) is 0. The minimum Gasteiger partial charge on any atom is -0.279 e. The summed E-state index contributed by atoms with van der Waals surface area (Å²) in [5, 5.41) is 7.83. The number of nitrogens with zero attached hydrogens (tertiary/aromatic N) is 2. The molecule has 3 aromatic rings. The van der Waals surface area contributed by atoms with Gasteiger partial charge in [-0.15, -0.1) is 0 Å². The summed E-state index contributed by atoms with van der Waals surface area (Å²) < 4.78 is 26.2. The molecule has 1 amide bonds. The highest BCUT2D eigenvalue weighted by atomic mass is 19.1. The van der Waals surface area contributed by atoms with Crippen LogP contribution in [0.2, 0.25) is 0 Å². The van der Waals surface area contributed by atoms with Gasteiger partial charge in [-0.25, -0.2) is 14.2 Å². The Morgan fingerprint density at radius 1 is 0.786 bits per heavy atom. The highest BCUT2D eigenvalue weighted by molar-refractivity contribution is 5.95. The minimum atomic E-state index is -0.400. The van der Waals surface area contributed by atoms with Gasteiger partial charge >= 0.3 is 0 Å². The van der Waals surface area contributed by atoms with Crippen molar-refractivity contribution in [3.63, 3.8) is 0 Å². The van der Waals surface area contributed by atoms with E-state index in [1.54, 1.807) is 48.5 Å². The zero-order valence-corrected chi connectivity index (χ0v) is 14.6. The molecule has 0 aliphatic heterocycles. The van der Waals surface area contributed by atoms with E-state index in [9.17, 15) is 13.6 Å². The maximum absolute atomic E-state index is 13.1. The maximum atomic E-state index is 13.1. The second kappa shape index (κ2) is 9.18. The third kappa shape index (κ3) is 5.57. The Morgan fingerprint density at radius 2 is 1.36 bits per heavy atom. The van der Waals surface area contributed by atoms with Crippen LogP contribution < -0.4 is 10.9 Å². The Morgan fingerprint density at radius 3 is 1.93 bits per heavy atom. The standard InChI is InChI=1S/C21H16F2N4O/c22-18-5-1-3-15(11-18)13-24-26-20-9-7-17(8-10-20)21(28)27-25-14-16-4-2-6-19(23)12-16/h1-14,26H,(H,27,28)/b24-13-,25-14-. The van der Waals surface area contributed by atoms with Crippen molar-refractivity contribution in [2.75, 3.05) is 5.43 Å². The SMILES string of the molecule is O=C(N/N=C\c1cccc(F)c1)c1ccc(N/N=C\c2cccc(F)c2)cc1. The molecule has 2 N–H and O–H groups in total. The smallest absolute Gasteiger partial charge is 0.271 e. The number of carbonyl (C=O) groups is 1. The zero-order valence-electron chi connectivity index (χ0n) is 14.6. The third-order valence-electron chi connectivity index (χ3n) is 3.63. The Labute approximate surface area is 160 Å². The van der Waals surface area contributed by atoms with Gasteiger partial charge in [-0.2, -0.15) is 10.2 Å². The molecule has 3 aromatic carbocycles. The van der Waals surface area contributed by atoms with Gasteiger partial charge in [0.15, 0.2) is 0 Å². The van der Waals surface area contributed by atoms with Gasteiger partial charge in [0, 0.05) is 5.56 Å². The summed E-state index contributed by atoms with van der Waals surface area (Å²) in [6.07, 6.45) is 2.85. The number of benzene rings is 3. The van der Waals surface area contributed by atoms with Crippen molar-refractivity contribution in [3.8, 4) is 0 Å². The molecule has 0 spiro atoms. The van der Waals surface area contributed by atoms with E-state index >= 15 is 0 Å². The molecule has 0 radical (unpaired) electrons. The number of rotatable bonds is 6. The molecule has 0 atom stereocenters. The van der Waals surface area contributed by atoms with Crippen LogP contribution in [-0.2, 0) is 0 Å².